The third-order valence-electron chi connectivity index (χ3n) is 2.44. The Kier molecular flexibility index (Phi) is 2.65. The van der Waals surface area contributed by atoms with Gasteiger partial charge in [0.05, 0.1) is 10.7 Å². The molecule has 1 aliphatic rings. The molecule has 0 saturated carbocycles. The normalized spacial score (nSPS) is 21.5. The summed E-state index contributed by atoms with van der Waals surface area (Å²) < 4.78 is 0. The second kappa shape index (κ2) is 3.76. The Morgan fingerprint density at radius 2 is 2.46 bits per heavy atom. The molecule has 1 atom stereocenters. The predicted molar refractivity (Wildman–Crippen MR) is 56.2 cm³/mol. The van der Waals surface area contributed by atoms with Gasteiger partial charge < -0.3 is 5.32 Å². The molecule has 13 heavy (non-hydrogen) atoms. The van der Waals surface area contributed by atoms with Gasteiger partial charge in [0.15, 0.2) is 0 Å². The Bertz CT molecular complexity index is 293. The molecule has 2 rings (SSSR count). The molecular formula is C10H16N2S. The lowest BCUT2D eigenvalue weighted by molar-refractivity contribution is 0.544. The zero-order chi connectivity index (χ0) is 9.26. The Hall–Kier alpha value is -0.410. The minimum Gasteiger partial charge on any atom is -0.309 e. The van der Waals surface area contributed by atoms with Crippen LogP contribution in [-0.4, -0.2) is 11.5 Å². The molecule has 1 aliphatic heterocycles. The molecule has 0 bridgehead atoms. The highest BCUT2D eigenvalue weighted by atomic mass is 32.1. The van der Waals surface area contributed by atoms with Crippen molar-refractivity contribution in [1.82, 2.24) is 10.3 Å². The maximum Gasteiger partial charge on any atom is 0.0931 e. The molecule has 0 radical (unpaired) electrons. The summed E-state index contributed by atoms with van der Waals surface area (Å²) in [7, 11) is 0. The van der Waals surface area contributed by atoms with E-state index in [0.717, 1.165) is 19.4 Å². The summed E-state index contributed by atoms with van der Waals surface area (Å²) >= 11 is 1.89. The van der Waals surface area contributed by atoms with E-state index in [4.69, 9.17) is 0 Å². The summed E-state index contributed by atoms with van der Waals surface area (Å²) in [6.07, 6.45) is 3.46. The van der Waals surface area contributed by atoms with Crippen molar-refractivity contribution in [2.24, 2.45) is 0 Å². The highest BCUT2D eigenvalue weighted by molar-refractivity contribution is 7.11. The lowest BCUT2D eigenvalue weighted by Crippen LogP contribution is -2.26. The zero-order valence-corrected chi connectivity index (χ0v) is 9.08. The number of nitrogens with one attached hydrogen (secondary N) is 1. The highest BCUT2D eigenvalue weighted by Gasteiger charge is 2.19. The van der Waals surface area contributed by atoms with Crippen LogP contribution >= 0.6 is 11.3 Å². The van der Waals surface area contributed by atoms with Gasteiger partial charge >= 0.3 is 0 Å². The molecule has 0 aromatic carbocycles. The molecule has 0 fully saturated rings. The van der Waals surface area contributed by atoms with E-state index in [-0.39, 0.29) is 0 Å². The van der Waals surface area contributed by atoms with Gasteiger partial charge in [0.25, 0.3) is 0 Å². The molecule has 0 saturated heterocycles. The van der Waals surface area contributed by atoms with Crippen LogP contribution in [0.1, 0.15) is 41.9 Å². The highest BCUT2D eigenvalue weighted by Crippen LogP contribution is 2.28. The minimum absolute atomic E-state index is 0.520. The van der Waals surface area contributed by atoms with Crippen LogP contribution in [0, 0.1) is 0 Å². The van der Waals surface area contributed by atoms with Crippen LogP contribution in [0.2, 0.25) is 0 Å². The summed E-state index contributed by atoms with van der Waals surface area (Å²) in [6, 6.07) is 0.520. The first-order chi connectivity index (χ1) is 6.31. The summed E-state index contributed by atoms with van der Waals surface area (Å²) in [5.74, 6) is 0. The molecule has 72 valence electrons. The van der Waals surface area contributed by atoms with Gasteiger partial charge in [-0.25, -0.2) is 4.98 Å². The minimum atomic E-state index is 0.520. The van der Waals surface area contributed by atoms with Crippen molar-refractivity contribution in [1.29, 1.82) is 0 Å². The standard InChI is InChI=1S/C10H16N2S/c1-3-4-9-12-8-5-6-11-7(2)10(8)13-9/h7,11H,3-6H2,1-2H3. The van der Waals surface area contributed by atoms with E-state index in [1.165, 1.54) is 22.0 Å². The smallest absolute Gasteiger partial charge is 0.0931 e. The van der Waals surface area contributed by atoms with Gasteiger partial charge in [-0.3, -0.25) is 0 Å². The SMILES string of the molecule is CCCc1nc2c(s1)C(C)NCC2. The third kappa shape index (κ3) is 1.76. The summed E-state index contributed by atoms with van der Waals surface area (Å²) in [6.45, 7) is 5.53. The predicted octanol–water partition coefficient (Wildman–Crippen LogP) is 2.30. The van der Waals surface area contributed by atoms with Crippen molar-refractivity contribution in [3.05, 3.63) is 15.6 Å². The molecule has 1 aromatic rings. The zero-order valence-electron chi connectivity index (χ0n) is 8.26. The second-order valence-corrected chi connectivity index (χ2v) is 4.71. The van der Waals surface area contributed by atoms with Gasteiger partial charge in [-0.1, -0.05) is 6.92 Å². The van der Waals surface area contributed by atoms with Crippen molar-refractivity contribution in [2.45, 2.75) is 39.2 Å². The Morgan fingerprint density at radius 1 is 1.62 bits per heavy atom. The molecule has 0 aliphatic carbocycles. The molecular weight excluding hydrogens is 180 g/mol. The number of nitrogens with zero attached hydrogens (tertiary/aromatic N) is 1. The second-order valence-electron chi connectivity index (χ2n) is 3.59. The number of hydrogen-bond donors (Lipinski definition) is 1. The number of rotatable bonds is 2. The monoisotopic (exact) mass is 196 g/mol. The van der Waals surface area contributed by atoms with Crippen LogP contribution in [0.3, 0.4) is 0 Å². The van der Waals surface area contributed by atoms with Crippen molar-refractivity contribution in [3.8, 4) is 0 Å². The number of fused-ring (bicyclic) bond motifs is 1. The van der Waals surface area contributed by atoms with Crippen LogP contribution in [0.5, 0.6) is 0 Å². The number of thiazole rings is 1. The van der Waals surface area contributed by atoms with Gasteiger partial charge in [-0.2, -0.15) is 0 Å². The van der Waals surface area contributed by atoms with Gasteiger partial charge in [0.2, 0.25) is 0 Å². The fourth-order valence-electron chi connectivity index (χ4n) is 1.75. The molecule has 1 aromatic heterocycles. The Labute approximate surface area is 83.4 Å². The van der Waals surface area contributed by atoms with Crippen molar-refractivity contribution in [2.75, 3.05) is 6.54 Å². The lowest BCUT2D eigenvalue weighted by atomic mass is 10.1. The summed E-state index contributed by atoms with van der Waals surface area (Å²) in [5, 5.41) is 4.79. The quantitative estimate of drug-likeness (QED) is 0.785. The van der Waals surface area contributed by atoms with E-state index in [0.29, 0.717) is 6.04 Å². The van der Waals surface area contributed by atoms with Gasteiger partial charge in [-0.15, -0.1) is 11.3 Å². The fraction of sp³-hybridized carbons (Fsp3) is 0.700. The van der Waals surface area contributed by atoms with Gasteiger partial charge in [0, 0.05) is 23.9 Å². The topological polar surface area (TPSA) is 24.9 Å². The van der Waals surface area contributed by atoms with E-state index in [2.05, 4.69) is 24.1 Å². The van der Waals surface area contributed by atoms with Crippen LogP contribution in [-0.2, 0) is 12.8 Å². The van der Waals surface area contributed by atoms with Gasteiger partial charge in [-0.05, 0) is 19.8 Å². The maximum absolute atomic E-state index is 4.67. The van der Waals surface area contributed by atoms with Crippen molar-refractivity contribution < 1.29 is 0 Å². The van der Waals surface area contributed by atoms with Crippen LogP contribution < -0.4 is 5.32 Å². The van der Waals surface area contributed by atoms with Crippen molar-refractivity contribution >= 4 is 11.3 Å². The molecule has 0 spiro atoms. The van der Waals surface area contributed by atoms with E-state index in [1.54, 1.807) is 0 Å². The Morgan fingerprint density at radius 3 is 3.15 bits per heavy atom. The van der Waals surface area contributed by atoms with Crippen LogP contribution in [0.25, 0.3) is 0 Å². The average Bonchev–Trinajstić information content (AvgIpc) is 2.49. The third-order valence-corrected chi connectivity index (χ3v) is 3.78. The average molecular weight is 196 g/mol. The van der Waals surface area contributed by atoms with E-state index in [9.17, 15) is 0 Å². The largest absolute Gasteiger partial charge is 0.309 e. The summed E-state index contributed by atoms with van der Waals surface area (Å²) in [4.78, 5) is 6.14. The van der Waals surface area contributed by atoms with Gasteiger partial charge in [0.1, 0.15) is 0 Å². The number of hydrogen-bond acceptors (Lipinski definition) is 3. The first-order valence-electron chi connectivity index (χ1n) is 5.03. The molecule has 3 heteroatoms. The molecule has 0 amide bonds. The molecule has 2 nitrogen and oxygen atoms in total. The molecule has 1 unspecified atom stereocenters. The number of aromatic nitrogens is 1. The van der Waals surface area contributed by atoms with E-state index in [1.807, 2.05) is 11.3 Å². The molecule has 1 N–H and O–H groups in total. The maximum atomic E-state index is 4.67. The molecule has 2 heterocycles. The van der Waals surface area contributed by atoms with E-state index < -0.39 is 0 Å². The van der Waals surface area contributed by atoms with E-state index >= 15 is 0 Å². The first kappa shape index (κ1) is 9.16. The summed E-state index contributed by atoms with van der Waals surface area (Å²) in [5.41, 5.74) is 1.35. The Balaban J connectivity index is 2.25. The lowest BCUT2D eigenvalue weighted by Gasteiger charge is -2.18. The first-order valence-corrected chi connectivity index (χ1v) is 5.84. The van der Waals surface area contributed by atoms with Crippen LogP contribution in [0.4, 0.5) is 0 Å². The fourth-order valence-corrected chi connectivity index (χ4v) is 2.99. The van der Waals surface area contributed by atoms with Crippen molar-refractivity contribution in [3.63, 3.8) is 0 Å². The number of aryl methyl sites for hydroxylation is 1. The van der Waals surface area contributed by atoms with Crippen LogP contribution in [0.15, 0.2) is 0 Å².